The third kappa shape index (κ3) is 2.42. The summed E-state index contributed by atoms with van der Waals surface area (Å²) in [7, 11) is 0. The number of amides is 1. The minimum atomic E-state index is 0.0307. The van der Waals surface area contributed by atoms with Gasteiger partial charge in [0, 0.05) is 25.9 Å². The lowest BCUT2D eigenvalue weighted by Crippen LogP contribution is -2.22. The zero-order chi connectivity index (χ0) is 8.97. The molecule has 12 heavy (non-hydrogen) atoms. The summed E-state index contributed by atoms with van der Waals surface area (Å²) in [4.78, 5) is 13.6. The van der Waals surface area contributed by atoms with E-state index in [0.717, 1.165) is 6.42 Å². The third-order valence-electron chi connectivity index (χ3n) is 1.83. The Morgan fingerprint density at radius 1 is 1.58 bits per heavy atom. The van der Waals surface area contributed by atoms with Gasteiger partial charge < -0.3 is 10.3 Å². The van der Waals surface area contributed by atoms with E-state index in [1.807, 2.05) is 12.4 Å². The molecule has 0 aliphatic rings. The number of nitrogens with one attached hydrogen (secondary N) is 2. The van der Waals surface area contributed by atoms with E-state index in [1.165, 1.54) is 18.1 Å². The van der Waals surface area contributed by atoms with Crippen molar-refractivity contribution in [2.75, 3.05) is 6.54 Å². The number of hydrogen-bond donors (Lipinski definition) is 2. The number of aryl methyl sites for hydroxylation is 1. The highest BCUT2D eigenvalue weighted by molar-refractivity contribution is 5.72. The van der Waals surface area contributed by atoms with E-state index >= 15 is 0 Å². The zero-order valence-electron chi connectivity index (χ0n) is 7.48. The van der Waals surface area contributed by atoms with Gasteiger partial charge in [-0.05, 0) is 24.5 Å². The maximum Gasteiger partial charge on any atom is 0.216 e. The molecule has 1 aromatic heterocycles. The Kier molecular flexibility index (Phi) is 2.91. The summed E-state index contributed by atoms with van der Waals surface area (Å²) in [6, 6.07) is 0. The topological polar surface area (TPSA) is 44.9 Å². The highest BCUT2D eigenvalue weighted by Gasteiger charge is 1.98. The summed E-state index contributed by atoms with van der Waals surface area (Å²) < 4.78 is 0. The monoisotopic (exact) mass is 166 g/mol. The van der Waals surface area contributed by atoms with Crippen LogP contribution in [0.1, 0.15) is 18.1 Å². The van der Waals surface area contributed by atoms with Gasteiger partial charge in [-0.25, -0.2) is 0 Å². The molecule has 0 aliphatic carbocycles. The van der Waals surface area contributed by atoms with E-state index < -0.39 is 0 Å². The molecule has 0 radical (unpaired) electrons. The molecule has 0 saturated carbocycles. The zero-order valence-corrected chi connectivity index (χ0v) is 7.48. The van der Waals surface area contributed by atoms with Crippen molar-refractivity contribution in [1.82, 2.24) is 10.3 Å². The van der Waals surface area contributed by atoms with Crippen LogP contribution < -0.4 is 5.32 Å². The van der Waals surface area contributed by atoms with Crippen molar-refractivity contribution in [1.29, 1.82) is 0 Å². The lowest BCUT2D eigenvalue weighted by atomic mass is 10.1. The molecule has 0 saturated heterocycles. The predicted octanol–water partition coefficient (Wildman–Crippen LogP) is 1.00. The van der Waals surface area contributed by atoms with Gasteiger partial charge in [-0.2, -0.15) is 0 Å². The van der Waals surface area contributed by atoms with E-state index in [1.54, 1.807) is 0 Å². The second-order valence-electron chi connectivity index (χ2n) is 2.90. The standard InChI is InChI=1S/C9H14N2O/c1-7-5-10-6-9(7)3-4-11-8(2)12/h5-6,10H,3-4H2,1-2H3,(H,11,12). The summed E-state index contributed by atoms with van der Waals surface area (Å²) in [6.45, 7) is 4.30. The van der Waals surface area contributed by atoms with Gasteiger partial charge in [0.2, 0.25) is 5.91 Å². The quantitative estimate of drug-likeness (QED) is 0.691. The number of H-pyrrole nitrogens is 1. The first-order valence-corrected chi connectivity index (χ1v) is 4.07. The molecule has 0 atom stereocenters. The molecule has 0 spiro atoms. The fraction of sp³-hybridized carbons (Fsp3) is 0.444. The van der Waals surface area contributed by atoms with Gasteiger partial charge in [0.05, 0.1) is 0 Å². The molecule has 2 N–H and O–H groups in total. The molecule has 0 aromatic carbocycles. The molecule has 0 unspecified atom stereocenters. The Bertz CT molecular complexity index is 265. The van der Waals surface area contributed by atoms with Crippen molar-refractivity contribution in [2.45, 2.75) is 20.3 Å². The molecule has 3 heteroatoms. The van der Waals surface area contributed by atoms with Gasteiger partial charge in [0.25, 0.3) is 0 Å². The average molecular weight is 166 g/mol. The fourth-order valence-electron chi connectivity index (χ4n) is 1.12. The maximum absolute atomic E-state index is 10.5. The normalized spacial score (nSPS) is 9.83. The van der Waals surface area contributed by atoms with E-state index in [-0.39, 0.29) is 5.91 Å². The SMILES string of the molecule is CC(=O)NCCc1c[nH]cc1C. The maximum atomic E-state index is 10.5. The number of hydrogen-bond acceptors (Lipinski definition) is 1. The molecule has 0 aliphatic heterocycles. The minimum absolute atomic E-state index is 0.0307. The molecule has 1 rings (SSSR count). The van der Waals surface area contributed by atoms with Crippen molar-refractivity contribution in [3.8, 4) is 0 Å². The first-order chi connectivity index (χ1) is 5.70. The largest absolute Gasteiger partial charge is 0.367 e. The van der Waals surface area contributed by atoms with Crippen molar-refractivity contribution < 1.29 is 4.79 Å². The number of carbonyl (C=O) groups excluding carboxylic acids is 1. The first-order valence-electron chi connectivity index (χ1n) is 4.07. The van der Waals surface area contributed by atoms with Gasteiger partial charge >= 0.3 is 0 Å². The lowest BCUT2D eigenvalue weighted by molar-refractivity contribution is -0.118. The van der Waals surface area contributed by atoms with Crippen molar-refractivity contribution in [3.63, 3.8) is 0 Å². The van der Waals surface area contributed by atoms with Crippen molar-refractivity contribution >= 4 is 5.91 Å². The Balaban J connectivity index is 2.33. The Labute approximate surface area is 72.2 Å². The average Bonchev–Trinajstić information content (AvgIpc) is 2.36. The van der Waals surface area contributed by atoms with Gasteiger partial charge in [-0.3, -0.25) is 4.79 Å². The molecule has 1 amide bonds. The summed E-state index contributed by atoms with van der Waals surface area (Å²) >= 11 is 0. The van der Waals surface area contributed by atoms with Crippen LogP contribution in [0.3, 0.4) is 0 Å². The smallest absolute Gasteiger partial charge is 0.216 e. The van der Waals surface area contributed by atoms with Crippen LogP contribution in [-0.2, 0) is 11.2 Å². The summed E-state index contributed by atoms with van der Waals surface area (Å²) in [5.74, 6) is 0.0307. The Morgan fingerprint density at radius 3 is 2.83 bits per heavy atom. The van der Waals surface area contributed by atoms with Crippen molar-refractivity contribution in [3.05, 3.63) is 23.5 Å². The second kappa shape index (κ2) is 3.95. The van der Waals surface area contributed by atoms with Crippen LogP contribution in [-0.4, -0.2) is 17.4 Å². The van der Waals surface area contributed by atoms with Crippen LogP contribution in [0.15, 0.2) is 12.4 Å². The number of rotatable bonds is 3. The first kappa shape index (κ1) is 8.84. The summed E-state index contributed by atoms with van der Waals surface area (Å²) in [5, 5.41) is 2.76. The van der Waals surface area contributed by atoms with Gasteiger partial charge in [-0.1, -0.05) is 0 Å². The Hall–Kier alpha value is -1.25. The molecule has 0 bridgehead atoms. The highest BCUT2D eigenvalue weighted by Crippen LogP contribution is 2.05. The van der Waals surface area contributed by atoms with Crippen LogP contribution >= 0.6 is 0 Å². The van der Waals surface area contributed by atoms with Gasteiger partial charge in [0.15, 0.2) is 0 Å². The Morgan fingerprint density at radius 2 is 2.33 bits per heavy atom. The molecular weight excluding hydrogens is 152 g/mol. The molecule has 3 nitrogen and oxygen atoms in total. The molecule has 1 aromatic rings. The van der Waals surface area contributed by atoms with Crippen LogP contribution in [0.5, 0.6) is 0 Å². The van der Waals surface area contributed by atoms with Gasteiger partial charge in [0.1, 0.15) is 0 Å². The number of carbonyl (C=O) groups is 1. The second-order valence-corrected chi connectivity index (χ2v) is 2.90. The third-order valence-corrected chi connectivity index (χ3v) is 1.83. The number of aromatic nitrogens is 1. The van der Waals surface area contributed by atoms with Crippen LogP contribution in [0.25, 0.3) is 0 Å². The fourth-order valence-corrected chi connectivity index (χ4v) is 1.12. The van der Waals surface area contributed by atoms with E-state index in [0.29, 0.717) is 6.54 Å². The van der Waals surface area contributed by atoms with Crippen LogP contribution in [0.2, 0.25) is 0 Å². The van der Waals surface area contributed by atoms with Crippen molar-refractivity contribution in [2.24, 2.45) is 0 Å². The summed E-state index contributed by atoms with van der Waals surface area (Å²) in [5.41, 5.74) is 2.52. The predicted molar refractivity (Wildman–Crippen MR) is 47.9 cm³/mol. The summed E-state index contributed by atoms with van der Waals surface area (Å²) in [6.07, 6.45) is 4.83. The van der Waals surface area contributed by atoms with Gasteiger partial charge in [-0.15, -0.1) is 0 Å². The van der Waals surface area contributed by atoms with E-state index in [4.69, 9.17) is 0 Å². The number of aromatic amines is 1. The molecular formula is C9H14N2O. The van der Waals surface area contributed by atoms with Crippen LogP contribution in [0.4, 0.5) is 0 Å². The highest BCUT2D eigenvalue weighted by atomic mass is 16.1. The molecule has 0 fully saturated rings. The minimum Gasteiger partial charge on any atom is -0.367 e. The van der Waals surface area contributed by atoms with E-state index in [9.17, 15) is 4.79 Å². The molecule has 66 valence electrons. The lowest BCUT2D eigenvalue weighted by Gasteiger charge is -2.00. The van der Waals surface area contributed by atoms with Crippen LogP contribution in [0, 0.1) is 6.92 Å². The van der Waals surface area contributed by atoms with E-state index in [2.05, 4.69) is 17.2 Å². The molecule has 1 heterocycles.